The molecule has 0 amide bonds. The van der Waals surface area contributed by atoms with E-state index in [2.05, 4.69) is 14.9 Å². The molecule has 0 radical (unpaired) electrons. The highest BCUT2D eigenvalue weighted by atomic mass is 16.5. The molecule has 2 unspecified atom stereocenters. The van der Waals surface area contributed by atoms with Crippen molar-refractivity contribution in [2.75, 3.05) is 18.1 Å². The number of nitrogens with zero attached hydrogens (tertiary/aromatic N) is 3. The van der Waals surface area contributed by atoms with Gasteiger partial charge >= 0.3 is 5.97 Å². The molecule has 2 rings (SSSR count). The summed E-state index contributed by atoms with van der Waals surface area (Å²) in [6.45, 7) is 6.86. The van der Waals surface area contributed by atoms with Crippen LogP contribution in [0, 0.1) is 6.92 Å². The van der Waals surface area contributed by atoms with E-state index >= 15 is 0 Å². The molecular weight excluding hydrogens is 268 g/mol. The minimum Gasteiger partial charge on any atom is -0.462 e. The van der Waals surface area contributed by atoms with Crippen molar-refractivity contribution in [3.8, 4) is 0 Å². The molecule has 1 aromatic heterocycles. The van der Waals surface area contributed by atoms with E-state index in [9.17, 15) is 4.79 Å². The topological polar surface area (TPSA) is 81.3 Å². The molecule has 1 fully saturated rings. The Bertz CT molecular complexity index is 504. The highest BCUT2D eigenvalue weighted by Crippen LogP contribution is 2.24. The van der Waals surface area contributed by atoms with Gasteiger partial charge in [-0.15, -0.1) is 0 Å². The second kappa shape index (κ2) is 6.85. The summed E-state index contributed by atoms with van der Waals surface area (Å²) < 4.78 is 5.00. The fourth-order valence-electron chi connectivity index (χ4n) is 2.75. The predicted octanol–water partition coefficient (Wildman–Crippen LogP) is 1.67. The molecule has 1 aliphatic rings. The number of piperidine rings is 1. The molecule has 1 aliphatic heterocycles. The third kappa shape index (κ3) is 3.50. The largest absolute Gasteiger partial charge is 0.462 e. The molecule has 21 heavy (non-hydrogen) atoms. The Balaban J connectivity index is 2.24. The molecule has 2 heterocycles. The maximum Gasteiger partial charge on any atom is 0.341 e. The highest BCUT2D eigenvalue weighted by Gasteiger charge is 2.28. The van der Waals surface area contributed by atoms with E-state index in [1.807, 2.05) is 13.8 Å². The summed E-state index contributed by atoms with van der Waals surface area (Å²) in [4.78, 5) is 22.8. The number of nitrogens with two attached hydrogens (primary N) is 1. The first kappa shape index (κ1) is 15.7. The van der Waals surface area contributed by atoms with E-state index in [0.29, 0.717) is 23.8 Å². The Morgan fingerprint density at radius 3 is 2.95 bits per heavy atom. The average molecular weight is 292 g/mol. The van der Waals surface area contributed by atoms with Crippen LogP contribution in [0.5, 0.6) is 0 Å². The molecule has 116 valence electrons. The lowest BCUT2D eigenvalue weighted by atomic mass is 9.97. The van der Waals surface area contributed by atoms with Gasteiger partial charge in [-0.05, 0) is 40.0 Å². The third-order valence-electron chi connectivity index (χ3n) is 3.88. The van der Waals surface area contributed by atoms with Crippen molar-refractivity contribution in [1.82, 2.24) is 9.97 Å². The third-order valence-corrected chi connectivity index (χ3v) is 3.88. The number of carbonyl (C=O) groups excluding carboxylic acids is 1. The van der Waals surface area contributed by atoms with Crippen LogP contribution >= 0.6 is 0 Å². The van der Waals surface area contributed by atoms with Crippen molar-refractivity contribution in [3.63, 3.8) is 0 Å². The number of ether oxygens (including phenoxy) is 1. The van der Waals surface area contributed by atoms with Gasteiger partial charge in [0.2, 0.25) is 5.95 Å². The van der Waals surface area contributed by atoms with Crippen molar-refractivity contribution >= 4 is 11.9 Å². The van der Waals surface area contributed by atoms with Crippen LogP contribution in [0.25, 0.3) is 0 Å². The zero-order valence-electron chi connectivity index (χ0n) is 13.0. The molecule has 0 aliphatic carbocycles. The summed E-state index contributed by atoms with van der Waals surface area (Å²) in [5, 5.41) is 0. The molecule has 0 aromatic carbocycles. The smallest absolute Gasteiger partial charge is 0.341 e. The van der Waals surface area contributed by atoms with E-state index in [1.54, 1.807) is 13.1 Å². The van der Waals surface area contributed by atoms with Gasteiger partial charge in [0.1, 0.15) is 0 Å². The van der Waals surface area contributed by atoms with Crippen LogP contribution in [0.15, 0.2) is 6.20 Å². The minimum absolute atomic E-state index is 0.0685. The lowest BCUT2D eigenvalue weighted by molar-refractivity contribution is 0.0524. The number of esters is 1. The highest BCUT2D eigenvalue weighted by molar-refractivity contribution is 5.90. The maximum atomic E-state index is 11.8. The van der Waals surface area contributed by atoms with Crippen molar-refractivity contribution in [2.45, 2.75) is 52.1 Å². The van der Waals surface area contributed by atoms with Crippen LogP contribution in [0.2, 0.25) is 0 Å². The summed E-state index contributed by atoms with van der Waals surface area (Å²) in [5.41, 5.74) is 7.15. The molecule has 2 atom stereocenters. The Morgan fingerprint density at radius 1 is 1.57 bits per heavy atom. The van der Waals surface area contributed by atoms with E-state index in [1.165, 1.54) is 6.42 Å². The summed E-state index contributed by atoms with van der Waals surface area (Å²) in [6, 6.07) is 0.325. The Labute approximate surface area is 125 Å². The predicted molar refractivity (Wildman–Crippen MR) is 81.4 cm³/mol. The molecule has 0 bridgehead atoms. The lowest BCUT2D eigenvalue weighted by Crippen LogP contribution is -2.50. The summed E-state index contributed by atoms with van der Waals surface area (Å²) >= 11 is 0. The zero-order chi connectivity index (χ0) is 15.4. The normalized spacial score (nSPS) is 20.2. The fraction of sp³-hybridized carbons (Fsp3) is 0.667. The quantitative estimate of drug-likeness (QED) is 0.850. The summed E-state index contributed by atoms with van der Waals surface area (Å²) in [6.07, 6.45) is 4.91. The SMILES string of the molecule is CCOC(=O)c1cnc(N2CCCCC2C(C)N)nc1C. The van der Waals surface area contributed by atoms with Crippen LogP contribution in [0.4, 0.5) is 5.95 Å². The van der Waals surface area contributed by atoms with Crippen LogP contribution in [-0.2, 0) is 4.74 Å². The summed E-state index contributed by atoms with van der Waals surface area (Å²) in [5.74, 6) is 0.284. The lowest BCUT2D eigenvalue weighted by Gasteiger charge is -2.38. The van der Waals surface area contributed by atoms with E-state index < -0.39 is 0 Å². The van der Waals surface area contributed by atoms with Gasteiger partial charge in [-0.1, -0.05) is 0 Å². The molecule has 6 nitrogen and oxygen atoms in total. The molecular formula is C15H24N4O2. The van der Waals surface area contributed by atoms with Gasteiger partial charge in [-0.2, -0.15) is 0 Å². The number of hydrogen-bond donors (Lipinski definition) is 1. The Kier molecular flexibility index (Phi) is 5.12. The van der Waals surface area contributed by atoms with Crippen LogP contribution in [0.1, 0.15) is 49.2 Å². The van der Waals surface area contributed by atoms with Gasteiger partial charge in [0.05, 0.1) is 17.9 Å². The first-order valence-corrected chi connectivity index (χ1v) is 7.57. The number of rotatable bonds is 4. The molecule has 0 saturated carbocycles. The van der Waals surface area contributed by atoms with Crippen molar-refractivity contribution in [2.24, 2.45) is 5.73 Å². The van der Waals surface area contributed by atoms with Gasteiger partial charge in [0.15, 0.2) is 0 Å². The minimum atomic E-state index is -0.371. The number of hydrogen-bond acceptors (Lipinski definition) is 6. The van der Waals surface area contributed by atoms with Crippen LogP contribution in [-0.4, -0.2) is 41.2 Å². The summed E-state index contributed by atoms with van der Waals surface area (Å²) in [7, 11) is 0. The molecule has 1 aromatic rings. The second-order valence-corrected chi connectivity index (χ2v) is 5.51. The number of anilines is 1. The fourth-order valence-corrected chi connectivity index (χ4v) is 2.75. The Morgan fingerprint density at radius 2 is 2.33 bits per heavy atom. The first-order chi connectivity index (χ1) is 10.0. The van der Waals surface area contributed by atoms with Gasteiger partial charge in [0.25, 0.3) is 0 Å². The average Bonchev–Trinajstić information content (AvgIpc) is 2.47. The zero-order valence-corrected chi connectivity index (χ0v) is 13.0. The van der Waals surface area contributed by atoms with Crippen LogP contribution < -0.4 is 10.6 Å². The number of carbonyl (C=O) groups is 1. The maximum absolute atomic E-state index is 11.8. The first-order valence-electron chi connectivity index (χ1n) is 7.57. The van der Waals surface area contributed by atoms with Gasteiger partial charge < -0.3 is 15.4 Å². The standard InChI is InChI=1S/C15H24N4O2/c1-4-21-14(20)12-9-17-15(18-11(12)3)19-8-6-5-7-13(19)10(2)16/h9-10,13H,4-8,16H2,1-3H3. The van der Waals surface area contributed by atoms with E-state index in [-0.39, 0.29) is 18.1 Å². The van der Waals surface area contributed by atoms with Gasteiger partial charge in [0, 0.05) is 24.8 Å². The molecule has 6 heteroatoms. The monoisotopic (exact) mass is 292 g/mol. The van der Waals surface area contributed by atoms with Crippen molar-refractivity contribution < 1.29 is 9.53 Å². The van der Waals surface area contributed by atoms with Crippen LogP contribution in [0.3, 0.4) is 0 Å². The number of aromatic nitrogens is 2. The molecule has 1 saturated heterocycles. The van der Waals surface area contributed by atoms with Crippen molar-refractivity contribution in [3.05, 3.63) is 17.5 Å². The van der Waals surface area contributed by atoms with Gasteiger partial charge in [-0.3, -0.25) is 0 Å². The Hall–Kier alpha value is -1.69. The van der Waals surface area contributed by atoms with Crippen molar-refractivity contribution in [1.29, 1.82) is 0 Å². The number of aryl methyl sites for hydroxylation is 1. The molecule has 0 spiro atoms. The van der Waals surface area contributed by atoms with E-state index in [0.717, 1.165) is 19.4 Å². The van der Waals surface area contributed by atoms with Gasteiger partial charge in [-0.25, -0.2) is 14.8 Å². The van der Waals surface area contributed by atoms with E-state index in [4.69, 9.17) is 10.5 Å². The molecule has 2 N–H and O–H groups in total. The second-order valence-electron chi connectivity index (χ2n) is 5.51.